The van der Waals surface area contributed by atoms with E-state index in [0.717, 1.165) is 0 Å². The van der Waals surface area contributed by atoms with Crippen LogP contribution in [-0.2, 0) is 22.7 Å². The third kappa shape index (κ3) is 3.89. The molecule has 11 heteroatoms. The topological polar surface area (TPSA) is 106 Å². The molecule has 4 rings (SSSR count). The van der Waals surface area contributed by atoms with E-state index in [1.54, 1.807) is 12.1 Å². The van der Waals surface area contributed by atoms with Crippen LogP contribution >= 0.6 is 15.9 Å². The average molecular weight is 478 g/mol. The standard InChI is InChI=1S/C19H13BrFN3O6/c20-14-7-23(16-4-2-1-3-15(16)21)22-17(14)19(25)29-9-12-6-13(24(26)27)5-11-8-28-10-30-18(11)12/h1-7H,8-10H2. The minimum atomic E-state index is -0.788. The lowest BCUT2D eigenvalue weighted by Crippen LogP contribution is -2.15. The number of nitro benzene ring substituents is 1. The Balaban J connectivity index is 1.57. The lowest BCUT2D eigenvalue weighted by Gasteiger charge is -2.20. The molecule has 3 aromatic rings. The quantitative estimate of drug-likeness (QED) is 0.311. The molecule has 1 aliphatic heterocycles. The number of nitro groups is 1. The van der Waals surface area contributed by atoms with Crippen molar-refractivity contribution >= 4 is 27.6 Å². The molecule has 0 unspecified atom stereocenters. The monoisotopic (exact) mass is 477 g/mol. The van der Waals surface area contributed by atoms with E-state index in [-0.39, 0.29) is 37.1 Å². The summed E-state index contributed by atoms with van der Waals surface area (Å²) in [7, 11) is 0. The predicted octanol–water partition coefficient (Wildman–Crippen LogP) is 3.91. The Morgan fingerprint density at radius 1 is 1.37 bits per heavy atom. The van der Waals surface area contributed by atoms with Crippen LogP contribution in [0.5, 0.6) is 5.75 Å². The van der Waals surface area contributed by atoms with Crippen LogP contribution in [0.25, 0.3) is 5.69 Å². The fourth-order valence-corrected chi connectivity index (χ4v) is 3.39. The summed E-state index contributed by atoms with van der Waals surface area (Å²) in [6.45, 7) is -0.136. The number of para-hydroxylation sites is 1. The number of esters is 1. The molecule has 0 spiro atoms. The van der Waals surface area contributed by atoms with E-state index >= 15 is 0 Å². The van der Waals surface area contributed by atoms with Crippen LogP contribution in [0.3, 0.4) is 0 Å². The van der Waals surface area contributed by atoms with Crippen LogP contribution in [0, 0.1) is 15.9 Å². The first kappa shape index (κ1) is 20.0. The molecule has 0 saturated heterocycles. The van der Waals surface area contributed by atoms with E-state index in [1.165, 1.54) is 35.1 Å². The third-order valence-corrected chi connectivity index (χ3v) is 4.88. The molecular formula is C19H13BrFN3O6. The largest absolute Gasteiger partial charge is 0.467 e. The molecule has 2 heterocycles. The van der Waals surface area contributed by atoms with Crippen LogP contribution < -0.4 is 4.74 Å². The molecule has 0 aliphatic carbocycles. The van der Waals surface area contributed by atoms with Crippen LogP contribution in [0.2, 0.25) is 0 Å². The van der Waals surface area contributed by atoms with Crippen molar-refractivity contribution in [2.75, 3.05) is 6.79 Å². The fraction of sp³-hybridized carbons (Fsp3) is 0.158. The van der Waals surface area contributed by atoms with Crippen LogP contribution in [-0.4, -0.2) is 27.5 Å². The van der Waals surface area contributed by atoms with Gasteiger partial charge in [-0.25, -0.2) is 13.9 Å². The summed E-state index contributed by atoms with van der Waals surface area (Å²) in [4.78, 5) is 23.2. The van der Waals surface area contributed by atoms with Crippen molar-refractivity contribution in [1.29, 1.82) is 0 Å². The smallest absolute Gasteiger partial charge is 0.360 e. The summed E-state index contributed by atoms with van der Waals surface area (Å²) in [5, 5.41) is 15.3. The first-order chi connectivity index (χ1) is 14.4. The number of aromatic nitrogens is 2. The van der Waals surface area contributed by atoms with Crippen molar-refractivity contribution in [3.05, 3.63) is 79.8 Å². The summed E-state index contributed by atoms with van der Waals surface area (Å²) in [6, 6.07) is 8.61. The zero-order chi connectivity index (χ0) is 21.3. The highest BCUT2D eigenvalue weighted by atomic mass is 79.9. The number of carbonyl (C=O) groups is 1. The summed E-state index contributed by atoms with van der Waals surface area (Å²) < 4.78 is 31.4. The van der Waals surface area contributed by atoms with Crippen LogP contribution in [0.1, 0.15) is 21.6 Å². The molecule has 0 atom stereocenters. The highest BCUT2D eigenvalue weighted by Crippen LogP contribution is 2.33. The van der Waals surface area contributed by atoms with Gasteiger partial charge in [-0.15, -0.1) is 0 Å². The molecule has 1 aromatic heterocycles. The Morgan fingerprint density at radius 2 is 2.17 bits per heavy atom. The molecule has 30 heavy (non-hydrogen) atoms. The minimum Gasteiger partial charge on any atom is -0.467 e. The molecule has 2 aromatic carbocycles. The summed E-state index contributed by atoms with van der Waals surface area (Å²) in [5.74, 6) is -0.908. The number of ether oxygens (including phenoxy) is 3. The first-order valence-corrected chi connectivity index (χ1v) is 9.41. The number of hydrogen-bond acceptors (Lipinski definition) is 7. The van der Waals surface area contributed by atoms with Gasteiger partial charge >= 0.3 is 5.97 Å². The van der Waals surface area contributed by atoms with Crippen molar-refractivity contribution in [2.45, 2.75) is 13.2 Å². The number of hydrogen-bond donors (Lipinski definition) is 0. The van der Waals surface area contributed by atoms with Crippen molar-refractivity contribution in [2.24, 2.45) is 0 Å². The minimum absolute atomic E-state index is 0.00957. The molecule has 0 bridgehead atoms. The third-order valence-electron chi connectivity index (χ3n) is 4.30. The number of rotatable bonds is 5. The van der Waals surface area contributed by atoms with Gasteiger partial charge in [0.05, 0.1) is 16.0 Å². The highest BCUT2D eigenvalue weighted by Gasteiger charge is 2.23. The van der Waals surface area contributed by atoms with Crippen molar-refractivity contribution in [3.8, 4) is 11.4 Å². The molecule has 0 amide bonds. The number of non-ortho nitro benzene ring substituents is 1. The number of benzene rings is 2. The van der Waals surface area contributed by atoms with Gasteiger partial charge in [-0.1, -0.05) is 12.1 Å². The summed E-state index contributed by atoms with van der Waals surface area (Å²) >= 11 is 3.22. The van der Waals surface area contributed by atoms with Crippen molar-refractivity contribution in [1.82, 2.24) is 9.78 Å². The van der Waals surface area contributed by atoms with E-state index in [1.807, 2.05) is 0 Å². The molecule has 0 N–H and O–H groups in total. The molecular weight excluding hydrogens is 465 g/mol. The summed E-state index contributed by atoms with van der Waals surface area (Å²) in [5.41, 5.74) is 0.756. The zero-order valence-electron chi connectivity index (χ0n) is 15.2. The average Bonchev–Trinajstić information content (AvgIpc) is 3.13. The maximum absolute atomic E-state index is 14.0. The normalized spacial score (nSPS) is 12.7. The maximum Gasteiger partial charge on any atom is 0.360 e. The van der Waals surface area contributed by atoms with Crippen molar-refractivity contribution in [3.63, 3.8) is 0 Å². The Bertz CT molecular complexity index is 1150. The zero-order valence-corrected chi connectivity index (χ0v) is 16.8. The second kappa shape index (κ2) is 8.20. The van der Waals surface area contributed by atoms with E-state index in [9.17, 15) is 19.3 Å². The van der Waals surface area contributed by atoms with Gasteiger partial charge in [0, 0.05) is 29.5 Å². The van der Waals surface area contributed by atoms with Crippen LogP contribution in [0.4, 0.5) is 10.1 Å². The van der Waals surface area contributed by atoms with Gasteiger partial charge < -0.3 is 14.2 Å². The number of nitrogens with zero attached hydrogens (tertiary/aromatic N) is 3. The molecule has 9 nitrogen and oxygen atoms in total. The van der Waals surface area contributed by atoms with Gasteiger partial charge in [-0.3, -0.25) is 10.1 Å². The lowest BCUT2D eigenvalue weighted by molar-refractivity contribution is -0.385. The van der Waals surface area contributed by atoms with Gasteiger partial charge in [-0.05, 0) is 28.1 Å². The molecule has 154 valence electrons. The van der Waals surface area contributed by atoms with Gasteiger partial charge in [0.1, 0.15) is 23.9 Å². The second-order valence-electron chi connectivity index (χ2n) is 6.26. The lowest BCUT2D eigenvalue weighted by atomic mass is 10.1. The molecule has 0 radical (unpaired) electrons. The molecule has 0 fully saturated rings. The number of carbonyl (C=O) groups excluding carboxylic acids is 1. The predicted molar refractivity (Wildman–Crippen MR) is 104 cm³/mol. The van der Waals surface area contributed by atoms with Gasteiger partial charge in [0.2, 0.25) is 0 Å². The van der Waals surface area contributed by atoms with Crippen molar-refractivity contribution < 1.29 is 28.3 Å². The van der Waals surface area contributed by atoms with E-state index < -0.39 is 16.7 Å². The molecule has 0 saturated carbocycles. The SMILES string of the molecule is O=C(OCc1cc([N+](=O)[O-])cc2c1OCOC2)c1nn(-c2ccccc2F)cc1Br. The maximum atomic E-state index is 14.0. The van der Waals surface area contributed by atoms with E-state index in [0.29, 0.717) is 21.3 Å². The first-order valence-electron chi connectivity index (χ1n) is 8.62. The number of fused-ring (bicyclic) bond motifs is 1. The Labute approximate surface area is 177 Å². The fourth-order valence-electron chi connectivity index (χ4n) is 2.96. The number of halogens is 2. The van der Waals surface area contributed by atoms with Gasteiger partial charge in [-0.2, -0.15) is 5.10 Å². The van der Waals surface area contributed by atoms with Gasteiger partial charge in [0.15, 0.2) is 12.5 Å². The van der Waals surface area contributed by atoms with Crippen LogP contribution in [0.15, 0.2) is 47.1 Å². The highest BCUT2D eigenvalue weighted by molar-refractivity contribution is 9.10. The molecule has 1 aliphatic rings. The summed E-state index contributed by atoms with van der Waals surface area (Å²) in [6.07, 6.45) is 1.44. The Morgan fingerprint density at radius 3 is 2.93 bits per heavy atom. The Kier molecular flexibility index (Phi) is 5.46. The van der Waals surface area contributed by atoms with E-state index in [4.69, 9.17) is 14.2 Å². The van der Waals surface area contributed by atoms with Gasteiger partial charge in [0.25, 0.3) is 5.69 Å². The van der Waals surface area contributed by atoms with E-state index in [2.05, 4.69) is 21.0 Å². The Hall–Kier alpha value is -3.31. The second-order valence-corrected chi connectivity index (χ2v) is 7.11.